The van der Waals surface area contributed by atoms with Crippen LogP contribution in [0, 0.1) is 0 Å². The third kappa shape index (κ3) is 3.00. The van der Waals surface area contributed by atoms with Crippen LogP contribution >= 0.6 is 0 Å². The van der Waals surface area contributed by atoms with E-state index in [0.717, 1.165) is 18.5 Å². The Morgan fingerprint density at radius 2 is 2.36 bits per heavy atom. The molecule has 1 atom stereocenters. The Kier molecular flexibility index (Phi) is 3.89. The molecule has 1 rings (SSSR count). The Labute approximate surface area is 85.6 Å². The van der Waals surface area contributed by atoms with Crippen LogP contribution < -0.4 is 5.73 Å². The van der Waals surface area contributed by atoms with Gasteiger partial charge in [0.2, 0.25) is 0 Å². The maximum Gasteiger partial charge on any atom is 0.0640 e. The summed E-state index contributed by atoms with van der Waals surface area (Å²) in [5.74, 6) is 0. The molecule has 0 aliphatic rings. The van der Waals surface area contributed by atoms with Crippen LogP contribution in [-0.2, 0) is 6.42 Å². The van der Waals surface area contributed by atoms with Crippen molar-refractivity contribution in [2.75, 3.05) is 0 Å². The maximum absolute atomic E-state index is 5.88. The summed E-state index contributed by atoms with van der Waals surface area (Å²) in [6.45, 7) is 7.89. The van der Waals surface area contributed by atoms with E-state index in [4.69, 9.17) is 5.73 Å². The topological polar surface area (TPSA) is 43.8 Å². The number of hydrogen-bond acceptors (Lipinski definition) is 2. The average Bonchev–Trinajstić information content (AvgIpc) is 2.53. The molecule has 1 aromatic rings. The minimum absolute atomic E-state index is 0.142. The molecule has 14 heavy (non-hydrogen) atoms. The zero-order valence-electron chi connectivity index (χ0n) is 8.98. The highest BCUT2D eigenvalue weighted by Crippen LogP contribution is 2.06. The van der Waals surface area contributed by atoms with Crippen molar-refractivity contribution in [2.45, 2.75) is 38.8 Å². The van der Waals surface area contributed by atoms with Crippen LogP contribution in [0.1, 0.15) is 32.0 Å². The highest BCUT2D eigenvalue weighted by Gasteiger charge is 2.06. The van der Waals surface area contributed by atoms with Crippen molar-refractivity contribution in [2.24, 2.45) is 5.73 Å². The van der Waals surface area contributed by atoms with Gasteiger partial charge in [-0.1, -0.05) is 6.08 Å². The standard InChI is InChI=1S/C11H19N3/c1-4-5-10(12)8-11-6-7-14(13-11)9(2)3/h4,6-7,9-10H,1,5,8,12H2,2-3H3. The summed E-state index contributed by atoms with van der Waals surface area (Å²) in [5.41, 5.74) is 6.94. The summed E-state index contributed by atoms with van der Waals surface area (Å²) in [6.07, 6.45) is 5.52. The van der Waals surface area contributed by atoms with Crippen molar-refractivity contribution < 1.29 is 0 Å². The molecule has 0 radical (unpaired) electrons. The quantitative estimate of drug-likeness (QED) is 0.726. The molecule has 0 saturated heterocycles. The van der Waals surface area contributed by atoms with Crippen molar-refractivity contribution in [1.29, 1.82) is 0 Å². The van der Waals surface area contributed by atoms with E-state index in [9.17, 15) is 0 Å². The van der Waals surface area contributed by atoms with Crippen molar-refractivity contribution in [3.63, 3.8) is 0 Å². The molecule has 1 heterocycles. The second-order valence-corrected chi connectivity index (χ2v) is 3.87. The fraction of sp³-hybridized carbons (Fsp3) is 0.545. The Morgan fingerprint density at radius 1 is 1.64 bits per heavy atom. The van der Waals surface area contributed by atoms with Crippen molar-refractivity contribution >= 4 is 0 Å². The molecule has 0 bridgehead atoms. The van der Waals surface area contributed by atoms with Crippen molar-refractivity contribution in [1.82, 2.24) is 9.78 Å². The lowest BCUT2D eigenvalue weighted by Crippen LogP contribution is -2.22. The van der Waals surface area contributed by atoms with Crippen LogP contribution in [0.25, 0.3) is 0 Å². The first-order valence-electron chi connectivity index (χ1n) is 5.04. The molecule has 0 amide bonds. The van der Waals surface area contributed by atoms with Gasteiger partial charge in [-0.3, -0.25) is 4.68 Å². The minimum Gasteiger partial charge on any atom is -0.327 e. The van der Waals surface area contributed by atoms with Gasteiger partial charge < -0.3 is 5.73 Å². The van der Waals surface area contributed by atoms with Gasteiger partial charge in [0.1, 0.15) is 0 Å². The Bertz CT molecular complexity index is 288. The van der Waals surface area contributed by atoms with Gasteiger partial charge in [-0.25, -0.2) is 0 Å². The summed E-state index contributed by atoms with van der Waals surface area (Å²) in [7, 11) is 0. The van der Waals surface area contributed by atoms with Crippen LogP contribution in [0.15, 0.2) is 24.9 Å². The molecule has 1 unspecified atom stereocenters. The molecule has 0 spiro atoms. The summed E-state index contributed by atoms with van der Waals surface area (Å²) in [5, 5.41) is 4.43. The fourth-order valence-corrected chi connectivity index (χ4v) is 1.34. The molecule has 3 heteroatoms. The average molecular weight is 193 g/mol. The van der Waals surface area contributed by atoms with Gasteiger partial charge in [0, 0.05) is 24.7 Å². The van der Waals surface area contributed by atoms with Gasteiger partial charge in [-0.15, -0.1) is 6.58 Å². The molecule has 1 aromatic heterocycles. The molecule has 0 aliphatic carbocycles. The highest BCUT2D eigenvalue weighted by molar-refractivity contribution is 5.02. The molecule has 0 fully saturated rings. The fourth-order valence-electron chi connectivity index (χ4n) is 1.34. The molecular formula is C11H19N3. The van der Waals surface area contributed by atoms with Gasteiger partial charge in [-0.05, 0) is 26.3 Å². The monoisotopic (exact) mass is 193 g/mol. The summed E-state index contributed by atoms with van der Waals surface area (Å²) < 4.78 is 1.95. The lowest BCUT2D eigenvalue weighted by Gasteiger charge is -2.07. The largest absolute Gasteiger partial charge is 0.327 e. The molecule has 0 saturated carbocycles. The van der Waals surface area contributed by atoms with E-state index in [1.54, 1.807) is 0 Å². The molecule has 2 N–H and O–H groups in total. The second-order valence-electron chi connectivity index (χ2n) is 3.87. The Morgan fingerprint density at radius 3 is 2.86 bits per heavy atom. The van der Waals surface area contributed by atoms with Crippen LogP contribution in [0.5, 0.6) is 0 Å². The van der Waals surface area contributed by atoms with E-state index in [1.807, 2.05) is 23.0 Å². The molecule has 3 nitrogen and oxygen atoms in total. The third-order valence-corrected chi connectivity index (χ3v) is 2.13. The van der Waals surface area contributed by atoms with Gasteiger partial charge in [0.15, 0.2) is 0 Å². The SMILES string of the molecule is C=CCC(N)Cc1ccn(C(C)C)n1. The maximum atomic E-state index is 5.88. The summed E-state index contributed by atoms with van der Waals surface area (Å²) >= 11 is 0. The van der Waals surface area contributed by atoms with Crippen LogP contribution in [0.3, 0.4) is 0 Å². The Hall–Kier alpha value is -1.09. The van der Waals surface area contributed by atoms with Gasteiger partial charge in [-0.2, -0.15) is 5.10 Å². The van der Waals surface area contributed by atoms with Gasteiger partial charge in [0.25, 0.3) is 0 Å². The molecule has 0 aromatic carbocycles. The summed E-state index contributed by atoms with van der Waals surface area (Å²) in [4.78, 5) is 0. The zero-order valence-corrected chi connectivity index (χ0v) is 8.98. The first-order valence-corrected chi connectivity index (χ1v) is 5.04. The van der Waals surface area contributed by atoms with E-state index in [2.05, 4.69) is 25.5 Å². The van der Waals surface area contributed by atoms with Crippen LogP contribution in [0.2, 0.25) is 0 Å². The van der Waals surface area contributed by atoms with E-state index in [1.165, 1.54) is 0 Å². The van der Waals surface area contributed by atoms with Gasteiger partial charge >= 0.3 is 0 Å². The summed E-state index contributed by atoms with van der Waals surface area (Å²) in [6, 6.07) is 2.59. The van der Waals surface area contributed by atoms with E-state index >= 15 is 0 Å². The zero-order chi connectivity index (χ0) is 10.6. The number of hydrogen-bond donors (Lipinski definition) is 1. The normalized spacial score (nSPS) is 13.1. The van der Waals surface area contributed by atoms with Crippen LogP contribution in [-0.4, -0.2) is 15.8 Å². The number of rotatable bonds is 5. The van der Waals surface area contributed by atoms with Crippen molar-refractivity contribution in [3.8, 4) is 0 Å². The van der Waals surface area contributed by atoms with E-state index in [0.29, 0.717) is 6.04 Å². The number of nitrogens with two attached hydrogens (primary N) is 1. The van der Waals surface area contributed by atoms with Crippen molar-refractivity contribution in [3.05, 3.63) is 30.6 Å². The van der Waals surface area contributed by atoms with Gasteiger partial charge in [0.05, 0.1) is 5.69 Å². The minimum atomic E-state index is 0.142. The first kappa shape index (κ1) is 11.0. The predicted molar refractivity (Wildman–Crippen MR) is 59.1 cm³/mol. The van der Waals surface area contributed by atoms with E-state index in [-0.39, 0.29) is 6.04 Å². The number of nitrogens with zero attached hydrogens (tertiary/aromatic N) is 2. The predicted octanol–water partition coefficient (Wildman–Crippen LogP) is 1.91. The lowest BCUT2D eigenvalue weighted by atomic mass is 10.1. The molecule has 0 aliphatic heterocycles. The highest BCUT2D eigenvalue weighted by atomic mass is 15.3. The lowest BCUT2D eigenvalue weighted by molar-refractivity contribution is 0.521. The second kappa shape index (κ2) is 4.96. The molecule has 78 valence electrons. The molecular weight excluding hydrogens is 174 g/mol. The number of aromatic nitrogens is 2. The smallest absolute Gasteiger partial charge is 0.0640 e. The Balaban J connectivity index is 2.55. The first-order chi connectivity index (χ1) is 6.63. The van der Waals surface area contributed by atoms with Crippen LogP contribution in [0.4, 0.5) is 0 Å². The van der Waals surface area contributed by atoms with E-state index < -0.39 is 0 Å². The third-order valence-electron chi connectivity index (χ3n) is 2.13.